The topological polar surface area (TPSA) is 27.7 Å². The molecule has 2 rings (SSSR count). The van der Waals surface area contributed by atoms with Crippen molar-refractivity contribution < 1.29 is 13.6 Å². The summed E-state index contributed by atoms with van der Waals surface area (Å²) < 4.78 is 18.2. The summed E-state index contributed by atoms with van der Waals surface area (Å²) in [7, 11) is -1.12. The van der Waals surface area contributed by atoms with E-state index in [2.05, 4.69) is 6.92 Å². The lowest BCUT2D eigenvalue weighted by atomic mass is 9.98. The van der Waals surface area contributed by atoms with E-state index in [4.69, 9.17) is 13.6 Å². The Morgan fingerprint density at radius 2 is 1.30 bits per heavy atom. The van der Waals surface area contributed by atoms with Crippen LogP contribution in [0.5, 0.6) is 0 Å². The van der Waals surface area contributed by atoms with Crippen molar-refractivity contribution in [2.24, 2.45) is 0 Å². The summed E-state index contributed by atoms with van der Waals surface area (Å²) in [6.45, 7) is 2.97. The molecule has 0 aliphatic heterocycles. The molecule has 0 N–H and O–H groups in total. The predicted octanol–water partition coefficient (Wildman–Crippen LogP) is 5.73. The minimum atomic E-state index is -1.12. The Balaban J connectivity index is 1.75. The first-order valence-electron chi connectivity index (χ1n) is 8.65. The molecule has 0 unspecified atom stereocenters. The monoisotopic (exact) mass is 302 g/mol. The van der Waals surface area contributed by atoms with Gasteiger partial charge < -0.3 is 13.6 Å². The van der Waals surface area contributed by atoms with Gasteiger partial charge in [-0.1, -0.05) is 51.9 Å². The van der Waals surface area contributed by atoms with Crippen LogP contribution in [0.15, 0.2) is 0 Å². The van der Waals surface area contributed by atoms with Gasteiger partial charge in [-0.3, -0.25) is 0 Å². The number of hydrogen-bond acceptors (Lipinski definition) is 3. The highest BCUT2D eigenvalue weighted by atomic mass is 31.2. The van der Waals surface area contributed by atoms with Gasteiger partial charge in [0.15, 0.2) is 0 Å². The summed E-state index contributed by atoms with van der Waals surface area (Å²) in [5, 5.41) is 0. The van der Waals surface area contributed by atoms with E-state index in [9.17, 15) is 0 Å². The van der Waals surface area contributed by atoms with Crippen LogP contribution in [0.4, 0.5) is 0 Å². The maximum absolute atomic E-state index is 6.16. The second-order valence-electron chi connectivity index (χ2n) is 6.14. The van der Waals surface area contributed by atoms with Gasteiger partial charge in [0.2, 0.25) is 0 Å². The fraction of sp³-hybridized carbons (Fsp3) is 1.00. The SMILES string of the molecule is CCCCOP(OC1CCCCC1)OC1CCCCC1. The van der Waals surface area contributed by atoms with Gasteiger partial charge in [-0.15, -0.1) is 0 Å². The lowest BCUT2D eigenvalue weighted by molar-refractivity contribution is 0.0606. The molecule has 0 spiro atoms. The van der Waals surface area contributed by atoms with Crippen LogP contribution in [-0.4, -0.2) is 18.8 Å². The summed E-state index contributed by atoms with van der Waals surface area (Å²) >= 11 is 0. The molecule has 2 aliphatic rings. The zero-order valence-electron chi connectivity index (χ0n) is 13.0. The van der Waals surface area contributed by atoms with Gasteiger partial charge in [0.05, 0.1) is 18.8 Å². The Bertz CT molecular complexity index is 218. The van der Waals surface area contributed by atoms with Crippen LogP contribution in [0.3, 0.4) is 0 Å². The van der Waals surface area contributed by atoms with E-state index < -0.39 is 8.60 Å². The van der Waals surface area contributed by atoms with Gasteiger partial charge in [0.1, 0.15) is 0 Å². The number of unbranched alkanes of at least 4 members (excludes halogenated alkanes) is 1. The average molecular weight is 302 g/mol. The Labute approximate surface area is 125 Å². The minimum Gasteiger partial charge on any atom is -0.312 e. The van der Waals surface area contributed by atoms with Crippen molar-refractivity contribution in [1.29, 1.82) is 0 Å². The molecule has 0 amide bonds. The predicted molar refractivity (Wildman–Crippen MR) is 83.7 cm³/mol. The highest BCUT2D eigenvalue weighted by molar-refractivity contribution is 7.41. The van der Waals surface area contributed by atoms with E-state index in [-0.39, 0.29) is 0 Å². The Morgan fingerprint density at radius 1 is 0.800 bits per heavy atom. The third-order valence-corrected chi connectivity index (χ3v) is 5.60. The molecule has 0 atom stereocenters. The zero-order chi connectivity index (χ0) is 14.0. The molecule has 118 valence electrons. The quantitative estimate of drug-likeness (QED) is 0.423. The van der Waals surface area contributed by atoms with Gasteiger partial charge in [0.25, 0.3) is 0 Å². The summed E-state index contributed by atoms with van der Waals surface area (Å²) in [4.78, 5) is 0. The smallest absolute Gasteiger partial charge is 0.312 e. The second-order valence-corrected chi connectivity index (χ2v) is 7.27. The zero-order valence-corrected chi connectivity index (χ0v) is 13.9. The Morgan fingerprint density at radius 3 is 1.75 bits per heavy atom. The van der Waals surface area contributed by atoms with Gasteiger partial charge in [-0.05, 0) is 32.1 Å². The molecule has 20 heavy (non-hydrogen) atoms. The highest BCUT2D eigenvalue weighted by Gasteiger charge is 2.25. The molecular formula is C16H31O3P. The normalized spacial score (nSPS) is 22.5. The standard InChI is InChI=1S/C16H31O3P/c1-2-3-14-17-20(18-15-10-6-4-7-11-15)19-16-12-8-5-9-13-16/h15-16H,2-14H2,1H3. The van der Waals surface area contributed by atoms with E-state index in [0.29, 0.717) is 12.2 Å². The van der Waals surface area contributed by atoms with Crippen LogP contribution >= 0.6 is 8.60 Å². The van der Waals surface area contributed by atoms with Crippen molar-refractivity contribution in [3.05, 3.63) is 0 Å². The van der Waals surface area contributed by atoms with E-state index in [1.54, 1.807) is 0 Å². The molecule has 0 aromatic carbocycles. The molecule has 2 aliphatic carbocycles. The third kappa shape index (κ3) is 6.39. The largest absolute Gasteiger partial charge is 0.333 e. The summed E-state index contributed by atoms with van der Waals surface area (Å²) in [6, 6.07) is 0. The fourth-order valence-electron chi connectivity index (χ4n) is 2.95. The van der Waals surface area contributed by atoms with Crippen molar-refractivity contribution in [2.45, 2.75) is 96.2 Å². The first-order valence-corrected chi connectivity index (χ1v) is 9.74. The van der Waals surface area contributed by atoms with Crippen molar-refractivity contribution >= 4 is 8.60 Å². The third-order valence-electron chi connectivity index (χ3n) is 4.27. The van der Waals surface area contributed by atoms with Crippen LogP contribution in [0.1, 0.15) is 84.0 Å². The van der Waals surface area contributed by atoms with E-state index in [1.807, 2.05) is 0 Å². The number of hydrogen-bond donors (Lipinski definition) is 0. The maximum atomic E-state index is 6.16. The first-order chi connectivity index (χ1) is 9.88. The van der Waals surface area contributed by atoms with Crippen molar-refractivity contribution in [3.8, 4) is 0 Å². The van der Waals surface area contributed by atoms with Crippen molar-refractivity contribution in [2.75, 3.05) is 6.61 Å². The highest BCUT2D eigenvalue weighted by Crippen LogP contribution is 2.46. The molecule has 2 saturated carbocycles. The summed E-state index contributed by atoms with van der Waals surface area (Å²) in [6.07, 6.45) is 15.7. The second kappa shape index (κ2) is 10.1. The summed E-state index contributed by atoms with van der Waals surface area (Å²) in [5.41, 5.74) is 0. The molecular weight excluding hydrogens is 271 g/mol. The fourth-order valence-corrected chi connectivity index (χ4v) is 4.31. The summed E-state index contributed by atoms with van der Waals surface area (Å²) in [5.74, 6) is 0. The lowest BCUT2D eigenvalue weighted by Crippen LogP contribution is -2.19. The van der Waals surface area contributed by atoms with Crippen molar-refractivity contribution in [3.63, 3.8) is 0 Å². The molecule has 0 aromatic rings. The molecule has 0 heterocycles. The van der Waals surface area contributed by atoms with Gasteiger partial charge in [0, 0.05) is 0 Å². The molecule has 3 nitrogen and oxygen atoms in total. The van der Waals surface area contributed by atoms with Crippen LogP contribution < -0.4 is 0 Å². The molecule has 0 aromatic heterocycles. The first kappa shape index (κ1) is 16.7. The van der Waals surface area contributed by atoms with Gasteiger partial charge in [-0.25, -0.2) is 0 Å². The lowest BCUT2D eigenvalue weighted by Gasteiger charge is -2.29. The van der Waals surface area contributed by atoms with Crippen LogP contribution in [0.2, 0.25) is 0 Å². The van der Waals surface area contributed by atoms with E-state index in [1.165, 1.54) is 64.2 Å². The van der Waals surface area contributed by atoms with E-state index in [0.717, 1.165) is 19.4 Å². The van der Waals surface area contributed by atoms with Crippen LogP contribution in [0.25, 0.3) is 0 Å². The molecule has 0 bridgehead atoms. The number of rotatable bonds is 8. The molecule has 0 saturated heterocycles. The van der Waals surface area contributed by atoms with Crippen molar-refractivity contribution in [1.82, 2.24) is 0 Å². The Hall–Kier alpha value is 0.310. The van der Waals surface area contributed by atoms with Crippen LogP contribution in [0, 0.1) is 0 Å². The maximum Gasteiger partial charge on any atom is 0.333 e. The van der Waals surface area contributed by atoms with Gasteiger partial charge >= 0.3 is 8.60 Å². The molecule has 4 heteroatoms. The van der Waals surface area contributed by atoms with Gasteiger partial charge in [-0.2, -0.15) is 0 Å². The average Bonchev–Trinajstić information content (AvgIpc) is 2.49. The molecule has 0 radical (unpaired) electrons. The van der Waals surface area contributed by atoms with E-state index >= 15 is 0 Å². The minimum absolute atomic E-state index is 0.375. The Kier molecular flexibility index (Phi) is 8.43. The van der Waals surface area contributed by atoms with Crippen LogP contribution in [-0.2, 0) is 13.6 Å². The molecule has 2 fully saturated rings.